The quantitative estimate of drug-likeness (QED) is 0.880. The van der Waals surface area contributed by atoms with Crippen molar-refractivity contribution in [2.45, 2.75) is 45.6 Å². The van der Waals surface area contributed by atoms with Gasteiger partial charge in [-0.2, -0.15) is 0 Å². The second-order valence-electron chi connectivity index (χ2n) is 7.62. The summed E-state index contributed by atoms with van der Waals surface area (Å²) < 4.78 is 0. The van der Waals surface area contributed by atoms with Gasteiger partial charge < -0.3 is 15.1 Å². The highest BCUT2D eigenvalue weighted by Gasteiger charge is 2.33. The minimum atomic E-state index is -0.0288. The number of likely N-dealkylation sites (tertiary alicyclic amines) is 1. The van der Waals surface area contributed by atoms with Crippen LogP contribution in [0.4, 0.5) is 5.95 Å². The van der Waals surface area contributed by atoms with Crippen LogP contribution in [0.2, 0.25) is 0 Å². The van der Waals surface area contributed by atoms with Crippen LogP contribution < -0.4 is 10.2 Å². The Morgan fingerprint density at radius 3 is 2.58 bits per heavy atom. The lowest BCUT2D eigenvalue weighted by Crippen LogP contribution is -2.53. The molecule has 26 heavy (non-hydrogen) atoms. The van der Waals surface area contributed by atoms with Gasteiger partial charge in [0.15, 0.2) is 0 Å². The first-order valence-corrected chi connectivity index (χ1v) is 9.65. The lowest BCUT2D eigenvalue weighted by molar-refractivity contribution is -0.138. The third-order valence-electron chi connectivity index (χ3n) is 5.21. The van der Waals surface area contributed by atoms with E-state index in [0.717, 1.165) is 38.8 Å². The Labute approximate surface area is 155 Å². The number of nitrogens with zero attached hydrogens (tertiary/aromatic N) is 4. The number of carbonyl (C=O) groups excluding carboxylic acids is 2. The summed E-state index contributed by atoms with van der Waals surface area (Å²) in [6.07, 6.45) is 7.22. The van der Waals surface area contributed by atoms with E-state index < -0.39 is 0 Å². The lowest BCUT2D eigenvalue weighted by Gasteiger charge is -2.38. The summed E-state index contributed by atoms with van der Waals surface area (Å²) in [6.45, 7) is 6.75. The van der Waals surface area contributed by atoms with E-state index in [1.165, 1.54) is 0 Å². The summed E-state index contributed by atoms with van der Waals surface area (Å²) in [5.74, 6) is 0.917. The van der Waals surface area contributed by atoms with Crippen molar-refractivity contribution in [1.82, 2.24) is 20.2 Å². The van der Waals surface area contributed by atoms with Crippen LogP contribution >= 0.6 is 0 Å². The van der Waals surface area contributed by atoms with Crippen LogP contribution in [0.3, 0.4) is 0 Å². The number of aromatic nitrogens is 2. The van der Waals surface area contributed by atoms with Crippen molar-refractivity contribution in [1.29, 1.82) is 0 Å². The molecule has 2 amide bonds. The highest BCUT2D eigenvalue weighted by atomic mass is 16.2. The van der Waals surface area contributed by atoms with Crippen LogP contribution in [0.25, 0.3) is 0 Å². The maximum atomic E-state index is 13.0. The first-order valence-electron chi connectivity index (χ1n) is 9.65. The Balaban J connectivity index is 1.58. The molecule has 0 aromatic carbocycles. The van der Waals surface area contributed by atoms with Gasteiger partial charge in [-0.3, -0.25) is 9.59 Å². The van der Waals surface area contributed by atoms with Gasteiger partial charge in [0.2, 0.25) is 17.8 Å². The molecule has 7 nitrogen and oxygen atoms in total. The third-order valence-corrected chi connectivity index (χ3v) is 5.21. The Morgan fingerprint density at radius 2 is 1.85 bits per heavy atom. The van der Waals surface area contributed by atoms with Crippen LogP contribution in [0.5, 0.6) is 0 Å². The normalized spacial score (nSPS) is 23.8. The average molecular weight is 359 g/mol. The smallest absolute Gasteiger partial charge is 0.227 e. The van der Waals surface area contributed by atoms with Crippen LogP contribution in [0, 0.1) is 11.8 Å². The topological polar surface area (TPSA) is 78.4 Å². The number of nitrogens with one attached hydrogen (secondary N) is 1. The van der Waals surface area contributed by atoms with Crippen molar-refractivity contribution in [2.75, 3.05) is 31.1 Å². The first kappa shape index (κ1) is 18.6. The zero-order valence-corrected chi connectivity index (χ0v) is 15.7. The zero-order valence-electron chi connectivity index (χ0n) is 15.7. The number of piperidine rings is 2. The van der Waals surface area contributed by atoms with Gasteiger partial charge in [-0.25, -0.2) is 9.97 Å². The molecular formula is C19H29N5O2. The van der Waals surface area contributed by atoms with E-state index >= 15 is 0 Å². The predicted octanol–water partition coefficient (Wildman–Crippen LogP) is 1.46. The van der Waals surface area contributed by atoms with Crippen LogP contribution in [-0.4, -0.2) is 58.9 Å². The van der Waals surface area contributed by atoms with Crippen molar-refractivity contribution >= 4 is 17.8 Å². The van der Waals surface area contributed by atoms with E-state index in [4.69, 9.17) is 0 Å². The molecule has 7 heteroatoms. The molecule has 3 rings (SSSR count). The van der Waals surface area contributed by atoms with E-state index in [1.54, 1.807) is 18.5 Å². The number of amides is 2. The molecule has 2 aliphatic rings. The van der Waals surface area contributed by atoms with Gasteiger partial charge in [-0.1, -0.05) is 13.8 Å². The zero-order chi connectivity index (χ0) is 18.5. The molecule has 142 valence electrons. The minimum absolute atomic E-state index is 0.0212. The van der Waals surface area contributed by atoms with Gasteiger partial charge in [-0.05, 0) is 31.7 Å². The Morgan fingerprint density at radius 1 is 1.12 bits per heavy atom. The van der Waals surface area contributed by atoms with Crippen LogP contribution in [0.15, 0.2) is 18.5 Å². The number of hydrogen-bond acceptors (Lipinski definition) is 5. The molecule has 3 heterocycles. The molecule has 2 fully saturated rings. The van der Waals surface area contributed by atoms with Gasteiger partial charge in [0.25, 0.3) is 0 Å². The van der Waals surface area contributed by atoms with E-state index in [9.17, 15) is 9.59 Å². The fourth-order valence-corrected chi connectivity index (χ4v) is 3.74. The Bertz CT molecular complexity index is 622. The third kappa shape index (κ3) is 4.51. The fraction of sp³-hybridized carbons (Fsp3) is 0.684. The summed E-state index contributed by atoms with van der Waals surface area (Å²) in [4.78, 5) is 37.7. The minimum Gasteiger partial charge on any atom is -0.351 e. The second kappa shape index (κ2) is 8.47. The lowest BCUT2D eigenvalue weighted by atomic mass is 9.95. The summed E-state index contributed by atoms with van der Waals surface area (Å²) >= 11 is 0. The first-order chi connectivity index (χ1) is 12.5. The molecule has 0 aliphatic carbocycles. The summed E-state index contributed by atoms with van der Waals surface area (Å²) in [6, 6.07) is 1.87. The molecule has 0 bridgehead atoms. The van der Waals surface area contributed by atoms with E-state index in [2.05, 4.69) is 20.2 Å². The van der Waals surface area contributed by atoms with Crippen molar-refractivity contribution in [3.63, 3.8) is 0 Å². The summed E-state index contributed by atoms with van der Waals surface area (Å²) in [5.41, 5.74) is 0. The Kier molecular flexibility index (Phi) is 6.06. The monoisotopic (exact) mass is 359 g/mol. The highest BCUT2D eigenvalue weighted by molar-refractivity contribution is 5.80. The van der Waals surface area contributed by atoms with Crippen molar-refractivity contribution < 1.29 is 9.59 Å². The van der Waals surface area contributed by atoms with Crippen LogP contribution in [-0.2, 0) is 9.59 Å². The van der Waals surface area contributed by atoms with Gasteiger partial charge in [0.1, 0.15) is 0 Å². The second-order valence-corrected chi connectivity index (χ2v) is 7.62. The maximum Gasteiger partial charge on any atom is 0.227 e. The van der Waals surface area contributed by atoms with Gasteiger partial charge >= 0.3 is 0 Å². The number of hydrogen-bond donors (Lipinski definition) is 1. The SMILES string of the molecule is CC(C)C(=O)N[C@@H]1CCCN(C(=O)[C@H]2CCCN(c3ncccn3)C2)C1. The molecule has 2 atom stereocenters. The van der Waals surface area contributed by atoms with Crippen molar-refractivity contribution in [2.24, 2.45) is 11.8 Å². The maximum absolute atomic E-state index is 13.0. The Hall–Kier alpha value is -2.18. The van der Waals surface area contributed by atoms with E-state index in [-0.39, 0.29) is 29.7 Å². The standard InChI is InChI=1S/C19H29N5O2/c1-14(2)17(25)22-16-7-4-10-23(13-16)18(26)15-6-3-11-24(12-15)19-20-8-5-9-21-19/h5,8-9,14-16H,3-4,6-7,10-13H2,1-2H3,(H,22,25)/t15-,16+/m0/s1. The molecule has 0 spiro atoms. The predicted molar refractivity (Wildman–Crippen MR) is 99.6 cm³/mol. The van der Waals surface area contributed by atoms with Crippen molar-refractivity contribution in [3.05, 3.63) is 18.5 Å². The van der Waals surface area contributed by atoms with Gasteiger partial charge in [0.05, 0.1) is 5.92 Å². The highest BCUT2D eigenvalue weighted by Crippen LogP contribution is 2.23. The van der Waals surface area contributed by atoms with E-state index in [0.29, 0.717) is 19.0 Å². The molecule has 2 saturated heterocycles. The number of carbonyl (C=O) groups is 2. The largest absolute Gasteiger partial charge is 0.351 e. The van der Waals surface area contributed by atoms with Crippen molar-refractivity contribution in [3.8, 4) is 0 Å². The van der Waals surface area contributed by atoms with Gasteiger partial charge in [-0.15, -0.1) is 0 Å². The molecule has 0 radical (unpaired) electrons. The molecule has 1 N–H and O–H groups in total. The molecule has 0 saturated carbocycles. The number of anilines is 1. The summed E-state index contributed by atoms with van der Waals surface area (Å²) in [7, 11) is 0. The molecule has 0 unspecified atom stereocenters. The average Bonchev–Trinajstić information content (AvgIpc) is 2.68. The molecule has 1 aromatic heterocycles. The van der Waals surface area contributed by atoms with Gasteiger partial charge in [0, 0.05) is 50.5 Å². The fourth-order valence-electron chi connectivity index (χ4n) is 3.74. The molecular weight excluding hydrogens is 330 g/mol. The van der Waals surface area contributed by atoms with E-state index in [1.807, 2.05) is 18.7 Å². The summed E-state index contributed by atoms with van der Waals surface area (Å²) in [5, 5.41) is 3.08. The number of rotatable bonds is 4. The van der Waals surface area contributed by atoms with Crippen LogP contribution in [0.1, 0.15) is 39.5 Å². The molecule has 2 aliphatic heterocycles. The molecule has 1 aromatic rings.